The Balaban J connectivity index is 1.71. The first-order chi connectivity index (χ1) is 10.6. The second-order valence-electron chi connectivity index (χ2n) is 6.30. The zero-order valence-corrected chi connectivity index (χ0v) is 13.3. The standard InChI is InChI=1S/C17H24N4O/c1-20(2)7-8-22-17-9-14(5-6-16(17)18)15-10-19-21(12-15)11-13-3-4-13/h5-6,9-10,12-13H,3-4,7-8,11,18H2,1-2H3. The first-order valence-corrected chi connectivity index (χ1v) is 7.81. The van der Waals surface area contributed by atoms with Gasteiger partial charge in [-0.25, -0.2) is 0 Å². The zero-order valence-electron chi connectivity index (χ0n) is 13.3. The summed E-state index contributed by atoms with van der Waals surface area (Å²) in [7, 11) is 4.05. The monoisotopic (exact) mass is 300 g/mol. The molecule has 1 aromatic heterocycles. The fraction of sp³-hybridized carbons (Fsp3) is 0.471. The molecular formula is C17H24N4O. The van der Waals surface area contributed by atoms with Crippen LogP contribution in [0.1, 0.15) is 12.8 Å². The van der Waals surface area contributed by atoms with Gasteiger partial charge in [-0.3, -0.25) is 4.68 Å². The highest BCUT2D eigenvalue weighted by atomic mass is 16.5. The van der Waals surface area contributed by atoms with Crippen LogP contribution >= 0.6 is 0 Å². The van der Waals surface area contributed by atoms with E-state index < -0.39 is 0 Å². The van der Waals surface area contributed by atoms with Crippen molar-refractivity contribution in [3.63, 3.8) is 0 Å². The van der Waals surface area contributed by atoms with Gasteiger partial charge in [0, 0.05) is 24.8 Å². The van der Waals surface area contributed by atoms with Gasteiger partial charge >= 0.3 is 0 Å². The predicted molar refractivity (Wildman–Crippen MR) is 88.8 cm³/mol. The first-order valence-electron chi connectivity index (χ1n) is 7.81. The fourth-order valence-electron chi connectivity index (χ4n) is 2.35. The summed E-state index contributed by atoms with van der Waals surface area (Å²) in [5, 5.41) is 4.45. The molecule has 5 nitrogen and oxygen atoms in total. The Bertz CT molecular complexity index is 631. The van der Waals surface area contributed by atoms with E-state index in [0.717, 1.165) is 35.9 Å². The summed E-state index contributed by atoms with van der Waals surface area (Å²) in [5.41, 5.74) is 8.88. The lowest BCUT2D eigenvalue weighted by atomic mass is 10.1. The van der Waals surface area contributed by atoms with E-state index in [1.165, 1.54) is 12.8 Å². The molecule has 0 radical (unpaired) electrons. The van der Waals surface area contributed by atoms with Crippen molar-refractivity contribution in [3.8, 4) is 16.9 Å². The van der Waals surface area contributed by atoms with Crippen molar-refractivity contribution in [2.45, 2.75) is 19.4 Å². The van der Waals surface area contributed by atoms with Crippen LogP contribution in [0.3, 0.4) is 0 Å². The van der Waals surface area contributed by atoms with Crippen molar-refractivity contribution in [1.82, 2.24) is 14.7 Å². The average Bonchev–Trinajstić information content (AvgIpc) is 3.16. The molecule has 1 saturated carbocycles. The molecule has 0 bridgehead atoms. The molecule has 5 heteroatoms. The maximum atomic E-state index is 6.00. The molecule has 1 aliphatic carbocycles. The minimum atomic E-state index is 0.627. The number of rotatable bonds is 7. The number of likely N-dealkylation sites (N-methyl/N-ethyl adjacent to an activating group) is 1. The van der Waals surface area contributed by atoms with Crippen molar-refractivity contribution in [3.05, 3.63) is 30.6 Å². The zero-order chi connectivity index (χ0) is 15.5. The summed E-state index contributed by atoms with van der Waals surface area (Å²) >= 11 is 0. The van der Waals surface area contributed by atoms with Crippen molar-refractivity contribution < 1.29 is 4.74 Å². The van der Waals surface area contributed by atoms with Gasteiger partial charge < -0.3 is 15.4 Å². The molecule has 0 atom stereocenters. The molecule has 1 aromatic carbocycles. The average molecular weight is 300 g/mol. The highest BCUT2D eigenvalue weighted by Crippen LogP contribution is 2.32. The summed E-state index contributed by atoms with van der Waals surface area (Å²) in [6.07, 6.45) is 6.69. The molecule has 0 spiro atoms. The Kier molecular flexibility index (Phi) is 4.34. The molecule has 1 heterocycles. The van der Waals surface area contributed by atoms with Crippen LogP contribution in [-0.2, 0) is 6.54 Å². The van der Waals surface area contributed by atoms with Crippen molar-refractivity contribution in [1.29, 1.82) is 0 Å². The number of nitrogen functional groups attached to an aromatic ring is 1. The van der Waals surface area contributed by atoms with Crippen LogP contribution in [0.15, 0.2) is 30.6 Å². The number of ether oxygens (including phenoxy) is 1. The van der Waals surface area contributed by atoms with Gasteiger partial charge in [0.2, 0.25) is 0 Å². The molecule has 2 aromatic rings. The fourth-order valence-corrected chi connectivity index (χ4v) is 2.35. The Hall–Kier alpha value is -2.01. The molecule has 0 amide bonds. The van der Waals surface area contributed by atoms with Gasteiger partial charge in [-0.1, -0.05) is 6.07 Å². The number of hydrogen-bond donors (Lipinski definition) is 1. The second-order valence-corrected chi connectivity index (χ2v) is 6.30. The number of benzene rings is 1. The molecule has 0 aliphatic heterocycles. The van der Waals surface area contributed by atoms with E-state index in [0.29, 0.717) is 12.3 Å². The van der Waals surface area contributed by atoms with Gasteiger partial charge in [0.15, 0.2) is 0 Å². The van der Waals surface area contributed by atoms with Gasteiger partial charge in [-0.05, 0) is 50.6 Å². The highest BCUT2D eigenvalue weighted by Gasteiger charge is 2.22. The molecule has 1 fully saturated rings. The Morgan fingerprint density at radius 2 is 2.14 bits per heavy atom. The molecule has 22 heavy (non-hydrogen) atoms. The third kappa shape index (κ3) is 3.80. The summed E-state index contributed by atoms with van der Waals surface area (Å²) in [5.74, 6) is 1.57. The third-order valence-electron chi connectivity index (χ3n) is 3.92. The van der Waals surface area contributed by atoms with Gasteiger partial charge in [-0.2, -0.15) is 5.10 Å². The van der Waals surface area contributed by atoms with Crippen LogP contribution in [0, 0.1) is 5.92 Å². The lowest BCUT2D eigenvalue weighted by molar-refractivity contribution is 0.262. The van der Waals surface area contributed by atoms with Crippen LogP contribution in [-0.4, -0.2) is 41.9 Å². The summed E-state index contributed by atoms with van der Waals surface area (Å²) in [6.45, 7) is 2.52. The molecule has 118 valence electrons. The van der Waals surface area contributed by atoms with E-state index in [2.05, 4.69) is 16.2 Å². The molecular weight excluding hydrogens is 276 g/mol. The van der Waals surface area contributed by atoms with E-state index in [-0.39, 0.29) is 0 Å². The minimum absolute atomic E-state index is 0.627. The third-order valence-corrected chi connectivity index (χ3v) is 3.92. The normalized spacial score (nSPS) is 14.5. The Morgan fingerprint density at radius 1 is 1.32 bits per heavy atom. The van der Waals surface area contributed by atoms with Crippen molar-refractivity contribution >= 4 is 5.69 Å². The van der Waals surface area contributed by atoms with Gasteiger partial charge in [-0.15, -0.1) is 0 Å². The number of aromatic nitrogens is 2. The maximum Gasteiger partial charge on any atom is 0.142 e. The topological polar surface area (TPSA) is 56.3 Å². The van der Waals surface area contributed by atoms with E-state index in [9.17, 15) is 0 Å². The van der Waals surface area contributed by atoms with E-state index in [4.69, 9.17) is 10.5 Å². The largest absolute Gasteiger partial charge is 0.490 e. The van der Waals surface area contributed by atoms with Crippen molar-refractivity contribution in [2.24, 2.45) is 5.92 Å². The SMILES string of the molecule is CN(C)CCOc1cc(-c2cnn(CC3CC3)c2)ccc1N. The molecule has 1 aliphatic rings. The van der Waals surface area contributed by atoms with Gasteiger partial charge in [0.05, 0.1) is 11.9 Å². The first kappa shape index (κ1) is 14.9. The molecule has 2 N–H and O–H groups in total. The van der Waals surface area contributed by atoms with Gasteiger partial charge in [0.25, 0.3) is 0 Å². The lowest BCUT2D eigenvalue weighted by Gasteiger charge is -2.13. The number of nitrogens with zero attached hydrogens (tertiary/aromatic N) is 3. The van der Waals surface area contributed by atoms with Crippen LogP contribution in [0.2, 0.25) is 0 Å². The summed E-state index contributed by atoms with van der Waals surface area (Å²) in [6, 6.07) is 5.93. The van der Waals surface area contributed by atoms with Crippen LogP contribution < -0.4 is 10.5 Å². The smallest absolute Gasteiger partial charge is 0.142 e. The number of anilines is 1. The number of nitrogens with two attached hydrogens (primary N) is 1. The lowest BCUT2D eigenvalue weighted by Crippen LogP contribution is -2.19. The number of hydrogen-bond acceptors (Lipinski definition) is 4. The molecule has 3 rings (SSSR count). The summed E-state index contributed by atoms with van der Waals surface area (Å²) in [4.78, 5) is 2.09. The molecule has 0 saturated heterocycles. The molecule has 0 unspecified atom stereocenters. The summed E-state index contributed by atoms with van der Waals surface area (Å²) < 4.78 is 7.83. The highest BCUT2D eigenvalue weighted by molar-refractivity contribution is 5.68. The van der Waals surface area contributed by atoms with E-state index in [1.54, 1.807) is 0 Å². The predicted octanol–water partition coefficient (Wildman–Crippen LogP) is 2.48. The van der Waals surface area contributed by atoms with Crippen molar-refractivity contribution in [2.75, 3.05) is 33.0 Å². The van der Waals surface area contributed by atoms with Crippen LogP contribution in [0.25, 0.3) is 11.1 Å². The van der Waals surface area contributed by atoms with E-state index >= 15 is 0 Å². The van der Waals surface area contributed by atoms with Crippen LogP contribution in [0.4, 0.5) is 5.69 Å². The minimum Gasteiger partial charge on any atom is -0.490 e. The quantitative estimate of drug-likeness (QED) is 0.798. The maximum absolute atomic E-state index is 6.00. The Morgan fingerprint density at radius 3 is 2.86 bits per heavy atom. The Labute approximate surface area is 131 Å². The second kappa shape index (κ2) is 6.40. The van der Waals surface area contributed by atoms with Gasteiger partial charge in [0.1, 0.15) is 12.4 Å². The van der Waals surface area contributed by atoms with Crippen LogP contribution in [0.5, 0.6) is 5.75 Å². The van der Waals surface area contributed by atoms with E-state index in [1.807, 2.05) is 43.2 Å².